The number of carboxylic acid groups (broad SMARTS) is 1. The normalized spacial score (nSPS) is 30.0. The van der Waals surface area contributed by atoms with Crippen LogP contribution >= 0.6 is 23.2 Å². The fourth-order valence-corrected chi connectivity index (χ4v) is 16.2. The second kappa shape index (κ2) is 38.4. The molecule has 0 unspecified atom stereocenters. The van der Waals surface area contributed by atoms with Crippen molar-refractivity contribution in [1.29, 1.82) is 0 Å². The lowest BCUT2D eigenvalue weighted by molar-refractivity contribution is -0.334. The van der Waals surface area contributed by atoms with E-state index in [0.717, 1.165) is 66.9 Å². The number of likely N-dealkylation sites (N-methyl/N-ethyl adjacent to an activating group) is 1. The van der Waals surface area contributed by atoms with Crippen molar-refractivity contribution < 1.29 is 132 Å². The molecule has 6 aromatic carbocycles. The molecule has 39 heteroatoms. The van der Waals surface area contributed by atoms with Crippen molar-refractivity contribution in [3.05, 3.63) is 147 Å². The number of nitrogens with two attached hydrogens (primary N) is 2. The number of hydrogen-bond acceptors (Lipinski definition) is 29. The molecule has 0 aliphatic carbocycles. The number of amides is 7. The Morgan fingerprint density at radius 3 is 1.91 bits per heavy atom. The van der Waals surface area contributed by atoms with Gasteiger partial charge in [-0.3, -0.25) is 33.6 Å². The largest absolute Gasteiger partial charge is 0.508 e. The molecule has 8 heterocycles. The standard InChI is InChI=1S/C84H102Cl2N10O27/c1-9-10-21-115-44-16-11-38(12-17-44)33-90-84(7)32-60(117-37(5)74(84)106)122-72-69(104)68(103)57(34-97)120-82(72)123-71-55-26-42-27-56(71)119-54-20-15-41(25-48(54)86)70(121-59-31-83(6,88)73(105)36(4)116-59)66-80(112)94-64(81(113)114)46-28-43(98)29-52(100)61(46)45-23-39(13-18-51(45)99)62(77(109)96-66)93-78(110)63(42)92-76(108)50(30-58(87)101)91-79(111)65(95-75(107)49(89-8)22-35(2)3)67(102)40-14-19-53(118-55)47(85)24-40/h11-20,23-29,35-37,49-50,57,59-60,62-70,72-74,82,89-90,97-100,102-106H,9-10,21-22,30-34,88H2,1-8H3,(H2,87,101)(H,91,111)(H,92,108)(H,93,110)(H,94,112)(H,95,107)(H,96,109)(H,113,114)/t36-,37-,49+,50-,57+,59-,60-,62+,63+,64-,65+,66-,67+,68+,69-,70+,72+,73-,74-,82-,83-,84-/m0/s1. The number of phenolic OH excluding ortho intramolecular Hbond substituents is 3. The van der Waals surface area contributed by atoms with Crippen molar-refractivity contribution in [2.75, 3.05) is 20.3 Å². The highest BCUT2D eigenvalue weighted by Crippen LogP contribution is 2.51. The number of carboxylic acids is 1. The minimum atomic E-state index is -2.39. The molecule has 8 aliphatic rings. The highest BCUT2D eigenvalue weighted by Gasteiger charge is 2.53. The van der Waals surface area contributed by atoms with Crippen molar-refractivity contribution in [2.45, 2.75) is 227 Å². The summed E-state index contributed by atoms with van der Waals surface area (Å²) in [4.78, 5) is 121. The summed E-state index contributed by atoms with van der Waals surface area (Å²) >= 11 is 14.6. The number of nitrogens with one attached hydrogen (secondary N) is 8. The molecule has 0 spiro atoms. The van der Waals surface area contributed by atoms with Gasteiger partial charge in [0.05, 0.1) is 60.1 Å². The molecule has 7 amide bonds. The molecule has 3 fully saturated rings. The van der Waals surface area contributed by atoms with Crippen molar-refractivity contribution in [1.82, 2.24) is 42.5 Å². The minimum absolute atomic E-state index is 0.117. The second-order valence-electron chi connectivity index (χ2n) is 32.4. The highest BCUT2D eigenvalue weighted by molar-refractivity contribution is 6.32. The van der Waals surface area contributed by atoms with Crippen LogP contribution in [0.15, 0.2) is 103 Å². The zero-order chi connectivity index (χ0) is 89.1. The van der Waals surface area contributed by atoms with E-state index < -0.39 is 261 Å². The van der Waals surface area contributed by atoms with Crippen LogP contribution in [0.4, 0.5) is 0 Å². The molecule has 11 bridgehead atoms. The first-order valence-corrected chi connectivity index (χ1v) is 40.8. The lowest BCUT2D eigenvalue weighted by atomic mass is 9.84. The molecular weight excluding hydrogens is 1650 g/mol. The molecular formula is C84H102Cl2N10O27. The van der Waals surface area contributed by atoms with Gasteiger partial charge in [-0.15, -0.1) is 0 Å². The Bertz CT molecular complexity index is 4940. The number of halogens is 2. The first-order valence-electron chi connectivity index (χ1n) is 40.0. The van der Waals surface area contributed by atoms with Gasteiger partial charge >= 0.3 is 5.97 Å². The second-order valence-corrected chi connectivity index (χ2v) is 33.2. The van der Waals surface area contributed by atoms with Gasteiger partial charge in [0.1, 0.15) is 95.2 Å². The van der Waals surface area contributed by atoms with E-state index in [0.29, 0.717) is 12.4 Å². The predicted molar refractivity (Wildman–Crippen MR) is 435 cm³/mol. The molecule has 664 valence electrons. The van der Waals surface area contributed by atoms with E-state index in [-0.39, 0.29) is 59.2 Å². The third kappa shape index (κ3) is 20.6. The Morgan fingerprint density at radius 2 is 1.29 bits per heavy atom. The SMILES string of the molecule is CCCCOc1ccc(CN[C@@]2(C)C[C@H](O[C@H]3[C@H](Oc4c5cc6cc4Oc4ccc(cc4Cl)[C@@H](O[C@H]4C[C@](C)(N)[C@@H](O)[C@H](C)O4)[C@@H]4NC(=O)[C@H](NC(=O)[C@@H]6NC(=O)[C@H](CC(N)=O)NC(=O)[C@H](NC(=O)[C@@H](CC(C)C)NC)[C@H](O)c6ccc(c(Cl)c6)O5)c5ccc(O)c(c5)-c5c(O)cc(O)cc5[C@@H](C(=O)O)NC4=O)O[C@H](CO)[C@@H](O)[C@@H]3O)O[C@@H](C)[C@@H]2O)cc1. The number of fused-ring (bicyclic) bond motifs is 15. The number of benzene rings is 6. The molecule has 0 radical (unpaired) electrons. The minimum Gasteiger partial charge on any atom is -0.508 e. The molecule has 0 saturated carbocycles. The van der Waals surface area contributed by atoms with Crippen molar-refractivity contribution in [3.8, 4) is 62.9 Å². The van der Waals surface area contributed by atoms with Crippen LogP contribution in [0, 0.1) is 5.92 Å². The zero-order valence-corrected chi connectivity index (χ0v) is 69.6. The number of carbonyl (C=O) groups is 8. The summed E-state index contributed by atoms with van der Waals surface area (Å²) in [6.07, 6.45) is -21.1. The monoisotopic (exact) mass is 1750 g/mol. The maximum Gasteiger partial charge on any atom is 0.330 e. The van der Waals surface area contributed by atoms with Crippen molar-refractivity contribution in [3.63, 3.8) is 0 Å². The van der Waals surface area contributed by atoms with E-state index in [2.05, 4.69) is 42.5 Å². The summed E-state index contributed by atoms with van der Waals surface area (Å²) < 4.78 is 58.7. The Hall–Kier alpha value is -10.3. The number of primary amides is 1. The van der Waals surface area contributed by atoms with Crippen LogP contribution in [0.25, 0.3) is 11.1 Å². The zero-order valence-electron chi connectivity index (χ0n) is 68.1. The Kier molecular flexibility index (Phi) is 28.7. The Morgan fingerprint density at radius 1 is 0.675 bits per heavy atom. The molecule has 0 aromatic heterocycles. The molecule has 22 atom stereocenters. The molecule has 6 aromatic rings. The average Bonchev–Trinajstić information content (AvgIpc) is 0.762. The predicted octanol–water partition coefficient (Wildman–Crippen LogP) is 3.35. The molecule has 3 saturated heterocycles. The maximum atomic E-state index is 16.5. The number of phenols is 3. The average molecular weight is 1750 g/mol. The van der Waals surface area contributed by atoms with Gasteiger partial charge in [-0.05, 0) is 148 Å². The summed E-state index contributed by atoms with van der Waals surface area (Å²) in [6.45, 7) is 11.7. The number of rotatable bonds is 22. The number of aromatic hydroxyl groups is 3. The van der Waals surface area contributed by atoms with Gasteiger partial charge in [0.2, 0.25) is 53.4 Å². The lowest BCUT2D eigenvalue weighted by Crippen LogP contribution is -2.65. The van der Waals surface area contributed by atoms with E-state index in [1.54, 1.807) is 13.8 Å². The summed E-state index contributed by atoms with van der Waals surface area (Å²) in [5.41, 5.74) is 7.80. The van der Waals surface area contributed by atoms with E-state index in [4.69, 9.17) is 77.3 Å². The van der Waals surface area contributed by atoms with Crippen LogP contribution < -0.4 is 72.9 Å². The third-order valence-corrected chi connectivity index (χ3v) is 23.1. The Labute approximate surface area is 715 Å². The lowest BCUT2D eigenvalue weighted by Gasteiger charge is -2.48. The number of hydrogen-bond donors (Lipinski definition) is 20. The van der Waals surface area contributed by atoms with Gasteiger partial charge < -0.3 is 148 Å². The van der Waals surface area contributed by atoms with Gasteiger partial charge in [-0.2, -0.15) is 0 Å². The van der Waals surface area contributed by atoms with E-state index in [1.807, 2.05) is 45.0 Å². The molecule has 14 rings (SSSR count). The maximum absolute atomic E-state index is 16.5. The quantitative estimate of drug-likeness (QED) is 0.0433. The van der Waals surface area contributed by atoms with Gasteiger partial charge in [-0.25, -0.2) is 4.79 Å². The topological polar surface area (TPSA) is 570 Å². The van der Waals surface area contributed by atoms with Crippen molar-refractivity contribution in [2.24, 2.45) is 17.4 Å². The summed E-state index contributed by atoms with van der Waals surface area (Å²) in [6, 6.07) is 6.96. The smallest absolute Gasteiger partial charge is 0.330 e. The number of aliphatic carboxylic acids is 1. The van der Waals surface area contributed by atoms with Crippen LogP contribution in [0.1, 0.15) is 151 Å². The van der Waals surface area contributed by atoms with Gasteiger partial charge in [0.15, 0.2) is 36.2 Å². The number of aliphatic hydroxyl groups excluding tert-OH is 6. The number of aliphatic hydroxyl groups is 6. The van der Waals surface area contributed by atoms with Gasteiger partial charge in [0.25, 0.3) is 0 Å². The number of ether oxygens (including phenoxy) is 9. The van der Waals surface area contributed by atoms with Gasteiger partial charge in [-0.1, -0.05) is 80.7 Å². The fraction of sp³-hybridized carbons (Fsp3) is 0.476. The summed E-state index contributed by atoms with van der Waals surface area (Å²) in [5, 5.41) is 137. The first-order chi connectivity index (χ1) is 58.3. The van der Waals surface area contributed by atoms with Crippen molar-refractivity contribution >= 4 is 70.5 Å². The molecule has 123 heavy (non-hydrogen) atoms. The molecule has 37 nitrogen and oxygen atoms in total. The number of unbranched alkanes of at least 4 members (excludes halogenated alkanes) is 1. The van der Waals surface area contributed by atoms with E-state index in [1.165, 1.54) is 51.2 Å². The fourth-order valence-electron chi connectivity index (χ4n) is 15.7. The summed E-state index contributed by atoms with van der Waals surface area (Å²) in [5.74, 6) is -15.4. The molecule has 22 N–H and O–H groups in total. The van der Waals surface area contributed by atoms with Crippen LogP contribution in [0.3, 0.4) is 0 Å². The van der Waals surface area contributed by atoms with Crippen LogP contribution in [0.5, 0.6) is 51.7 Å². The molecule has 8 aliphatic heterocycles. The van der Waals surface area contributed by atoms with Crippen LogP contribution in [-0.4, -0.2) is 222 Å². The van der Waals surface area contributed by atoms with E-state index in [9.17, 15) is 65.4 Å². The highest BCUT2D eigenvalue weighted by atomic mass is 35.5. The first kappa shape index (κ1) is 91.9. The van der Waals surface area contributed by atoms with Crippen LogP contribution in [0.2, 0.25) is 10.0 Å². The van der Waals surface area contributed by atoms with E-state index >= 15 is 24.0 Å². The number of carbonyl (C=O) groups excluding carboxylic acids is 7. The third-order valence-electron chi connectivity index (χ3n) is 22.5. The van der Waals surface area contributed by atoms with Crippen LogP contribution in [-0.2, 0) is 68.6 Å². The Balaban J connectivity index is 1.08. The summed E-state index contributed by atoms with van der Waals surface area (Å²) in [7, 11) is 1.48. The van der Waals surface area contributed by atoms with Gasteiger partial charge in [0, 0.05) is 53.2 Å².